The Morgan fingerprint density at radius 2 is 1.94 bits per heavy atom. The Hall–Kier alpha value is -3.75. The first kappa shape index (κ1) is 23.0. The van der Waals surface area contributed by atoms with Crippen molar-refractivity contribution < 1.29 is 9.53 Å². The number of morpholine rings is 1. The van der Waals surface area contributed by atoms with Crippen molar-refractivity contribution in [1.82, 2.24) is 24.6 Å². The Bertz CT molecular complexity index is 1250. The Labute approximate surface area is 205 Å². The number of imidazole rings is 1. The Morgan fingerprint density at radius 3 is 2.69 bits per heavy atom. The van der Waals surface area contributed by atoms with Crippen LogP contribution < -0.4 is 5.32 Å². The molecule has 1 fully saturated rings. The summed E-state index contributed by atoms with van der Waals surface area (Å²) in [6, 6.07) is 17.7. The Kier molecular flexibility index (Phi) is 7.02. The quantitative estimate of drug-likeness (QED) is 0.390. The van der Waals surface area contributed by atoms with E-state index >= 15 is 0 Å². The number of nitrogens with zero attached hydrogens (tertiary/aromatic N) is 4. The summed E-state index contributed by atoms with van der Waals surface area (Å²) in [7, 11) is 0. The smallest absolute Gasteiger partial charge is 0.258 e. The largest absolute Gasteiger partial charge is 0.379 e. The van der Waals surface area contributed by atoms with Crippen molar-refractivity contribution in [3.8, 4) is 16.8 Å². The molecule has 1 aliphatic rings. The number of ether oxygens (including phenoxy) is 1. The first-order chi connectivity index (χ1) is 17.2. The number of nitrogens with one attached hydrogen (secondary N) is 2. The molecule has 2 N–H and O–H groups in total. The SMILES string of the molecule is CCCC(c1cn(-c2ccccc2)c(NC(=O)c2cccc(-c3cn[nH]c3)c2)n1)N1CCOCC1. The lowest BCUT2D eigenvalue weighted by molar-refractivity contribution is 0.0132. The van der Waals surface area contributed by atoms with Gasteiger partial charge in [-0.2, -0.15) is 5.10 Å². The maximum Gasteiger partial charge on any atom is 0.258 e. The van der Waals surface area contributed by atoms with Crippen molar-refractivity contribution in [2.24, 2.45) is 0 Å². The maximum atomic E-state index is 13.3. The molecular formula is C27H30N6O2. The third-order valence-electron chi connectivity index (χ3n) is 6.33. The second-order valence-corrected chi connectivity index (χ2v) is 8.67. The molecule has 1 unspecified atom stereocenters. The second kappa shape index (κ2) is 10.7. The highest BCUT2D eigenvalue weighted by atomic mass is 16.5. The molecule has 3 heterocycles. The molecule has 1 atom stereocenters. The van der Waals surface area contributed by atoms with Crippen molar-refractivity contribution in [2.45, 2.75) is 25.8 Å². The van der Waals surface area contributed by atoms with E-state index in [1.54, 1.807) is 6.20 Å². The topological polar surface area (TPSA) is 88.1 Å². The number of hydrogen-bond donors (Lipinski definition) is 2. The van der Waals surface area contributed by atoms with Crippen molar-refractivity contribution in [3.63, 3.8) is 0 Å². The van der Waals surface area contributed by atoms with Crippen molar-refractivity contribution >= 4 is 11.9 Å². The molecular weight excluding hydrogens is 440 g/mol. The zero-order valence-electron chi connectivity index (χ0n) is 19.9. The molecule has 8 heteroatoms. The summed E-state index contributed by atoms with van der Waals surface area (Å²) in [4.78, 5) is 20.7. The molecule has 5 rings (SSSR count). The van der Waals surface area contributed by atoms with Crippen LogP contribution in [-0.4, -0.2) is 56.9 Å². The molecule has 0 radical (unpaired) electrons. The van der Waals surface area contributed by atoms with E-state index in [-0.39, 0.29) is 11.9 Å². The molecule has 2 aromatic heterocycles. The van der Waals surface area contributed by atoms with E-state index in [1.807, 2.05) is 65.4 Å². The van der Waals surface area contributed by atoms with Crippen LogP contribution in [0.1, 0.15) is 41.9 Å². The minimum absolute atomic E-state index is 0.175. The number of hydrogen-bond acceptors (Lipinski definition) is 5. The van der Waals surface area contributed by atoms with Crippen LogP contribution in [-0.2, 0) is 4.74 Å². The third-order valence-corrected chi connectivity index (χ3v) is 6.33. The van der Waals surface area contributed by atoms with Gasteiger partial charge >= 0.3 is 0 Å². The molecule has 0 saturated carbocycles. The van der Waals surface area contributed by atoms with Gasteiger partial charge in [0.25, 0.3) is 5.91 Å². The average molecular weight is 471 g/mol. The third kappa shape index (κ3) is 5.18. The number of H-pyrrole nitrogens is 1. The highest BCUT2D eigenvalue weighted by molar-refractivity contribution is 6.04. The number of aromatic nitrogens is 4. The van der Waals surface area contributed by atoms with Gasteiger partial charge < -0.3 is 4.74 Å². The molecule has 0 spiro atoms. The zero-order valence-corrected chi connectivity index (χ0v) is 19.9. The first-order valence-corrected chi connectivity index (χ1v) is 12.1. The van der Waals surface area contributed by atoms with Gasteiger partial charge in [-0.25, -0.2) is 4.98 Å². The first-order valence-electron chi connectivity index (χ1n) is 12.1. The van der Waals surface area contributed by atoms with E-state index in [2.05, 4.69) is 33.5 Å². The number of carbonyl (C=O) groups is 1. The summed E-state index contributed by atoms with van der Waals surface area (Å²) in [5, 5.41) is 9.89. The predicted octanol–water partition coefficient (Wildman–Crippen LogP) is 4.69. The van der Waals surface area contributed by atoms with Gasteiger partial charge in [-0.05, 0) is 36.2 Å². The molecule has 1 saturated heterocycles. The molecule has 35 heavy (non-hydrogen) atoms. The molecule has 0 bridgehead atoms. The van der Waals surface area contributed by atoms with Crippen LogP contribution in [0.3, 0.4) is 0 Å². The van der Waals surface area contributed by atoms with Crippen LogP contribution >= 0.6 is 0 Å². The van der Waals surface area contributed by atoms with E-state index in [0.29, 0.717) is 11.5 Å². The standard InChI is InChI=1S/C27H30N6O2/c1-2-7-25(32-12-14-35-15-13-32)24-19-33(23-10-4-3-5-11-23)27(30-24)31-26(34)21-9-6-8-20(16-21)22-17-28-29-18-22/h3-6,8-11,16-19,25H,2,7,12-15H2,1H3,(H,28,29)(H,30,31,34). The fourth-order valence-electron chi connectivity index (χ4n) is 4.54. The molecule has 2 aromatic carbocycles. The summed E-state index contributed by atoms with van der Waals surface area (Å²) < 4.78 is 7.54. The molecule has 8 nitrogen and oxygen atoms in total. The van der Waals surface area contributed by atoms with Crippen LogP contribution in [0.2, 0.25) is 0 Å². The summed E-state index contributed by atoms with van der Waals surface area (Å²) in [5.41, 5.74) is 4.33. The number of aromatic amines is 1. The van der Waals surface area contributed by atoms with Gasteiger partial charge in [0.15, 0.2) is 0 Å². The lowest BCUT2D eigenvalue weighted by atomic mass is 10.1. The predicted molar refractivity (Wildman–Crippen MR) is 136 cm³/mol. The lowest BCUT2D eigenvalue weighted by Gasteiger charge is -2.33. The number of amides is 1. The number of benzene rings is 2. The van der Waals surface area contributed by atoms with Gasteiger partial charge in [0.1, 0.15) is 0 Å². The van der Waals surface area contributed by atoms with Gasteiger partial charge in [0, 0.05) is 42.3 Å². The molecule has 0 aliphatic carbocycles. The summed E-state index contributed by atoms with van der Waals surface area (Å²) in [6.45, 7) is 5.42. The second-order valence-electron chi connectivity index (χ2n) is 8.67. The normalized spacial score (nSPS) is 15.1. The summed E-state index contributed by atoms with van der Waals surface area (Å²) in [6.07, 6.45) is 7.65. The van der Waals surface area contributed by atoms with E-state index in [1.165, 1.54) is 0 Å². The molecule has 4 aromatic rings. The Balaban J connectivity index is 1.47. The number of anilines is 1. The number of carbonyl (C=O) groups excluding carboxylic acids is 1. The highest BCUT2D eigenvalue weighted by Gasteiger charge is 2.26. The molecule has 1 amide bonds. The van der Waals surface area contributed by atoms with Crippen molar-refractivity contribution in [2.75, 3.05) is 31.6 Å². The number of para-hydroxylation sites is 1. The maximum absolute atomic E-state index is 13.3. The van der Waals surface area contributed by atoms with Gasteiger partial charge in [-0.15, -0.1) is 0 Å². The van der Waals surface area contributed by atoms with E-state index in [0.717, 1.165) is 61.7 Å². The molecule has 1 aliphatic heterocycles. The van der Waals surface area contributed by atoms with E-state index < -0.39 is 0 Å². The monoisotopic (exact) mass is 470 g/mol. The van der Waals surface area contributed by atoms with Crippen molar-refractivity contribution in [3.05, 3.63) is 84.4 Å². The van der Waals surface area contributed by atoms with Crippen molar-refractivity contribution in [1.29, 1.82) is 0 Å². The lowest BCUT2D eigenvalue weighted by Crippen LogP contribution is -2.39. The summed E-state index contributed by atoms with van der Waals surface area (Å²) in [5.74, 6) is 0.308. The van der Waals surface area contributed by atoms with Crippen LogP contribution in [0, 0.1) is 0 Å². The van der Waals surface area contributed by atoms with E-state index in [9.17, 15) is 4.79 Å². The summed E-state index contributed by atoms with van der Waals surface area (Å²) >= 11 is 0. The zero-order chi connectivity index (χ0) is 24.0. The minimum Gasteiger partial charge on any atom is -0.379 e. The minimum atomic E-state index is -0.205. The van der Waals surface area contributed by atoms with Gasteiger partial charge in [0.2, 0.25) is 5.95 Å². The van der Waals surface area contributed by atoms with Gasteiger partial charge in [-0.1, -0.05) is 43.7 Å². The fourth-order valence-corrected chi connectivity index (χ4v) is 4.54. The van der Waals surface area contributed by atoms with Crippen LogP contribution in [0.5, 0.6) is 0 Å². The highest BCUT2D eigenvalue weighted by Crippen LogP contribution is 2.29. The van der Waals surface area contributed by atoms with Crippen LogP contribution in [0.25, 0.3) is 16.8 Å². The average Bonchev–Trinajstić information content (AvgIpc) is 3.59. The fraction of sp³-hybridized carbons (Fsp3) is 0.296. The molecule has 180 valence electrons. The van der Waals surface area contributed by atoms with Gasteiger partial charge in [-0.3, -0.25) is 24.7 Å². The number of rotatable bonds is 8. The van der Waals surface area contributed by atoms with Gasteiger partial charge in [0.05, 0.1) is 31.1 Å². The Morgan fingerprint density at radius 1 is 1.11 bits per heavy atom. The van der Waals surface area contributed by atoms with Crippen LogP contribution in [0.4, 0.5) is 5.95 Å². The van der Waals surface area contributed by atoms with Crippen LogP contribution in [0.15, 0.2) is 73.2 Å². The van der Waals surface area contributed by atoms with E-state index in [4.69, 9.17) is 9.72 Å².